The molecule has 0 saturated carbocycles. The van der Waals surface area contributed by atoms with Crippen LogP contribution in [0.5, 0.6) is 0 Å². The molecule has 1 aliphatic rings. The van der Waals surface area contributed by atoms with Crippen LogP contribution in [0.25, 0.3) is 0 Å². The summed E-state index contributed by atoms with van der Waals surface area (Å²) < 4.78 is 0. The summed E-state index contributed by atoms with van der Waals surface area (Å²) >= 11 is 0. The average Bonchev–Trinajstić information content (AvgIpc) is 2.67. The fraction of sp³-hybridized carbons (Fsp3) is 0.316. The number of anilines is 1. The standard InChI is InChI=1S/C19H21N3O3/c23-19(21-11-5-2-6-12-21)16-9-10-17(18(13-16)22(24)25)20-14-15-7-3-1-4-8-15/h1,3-4,7-10,13,20H,2,5-6,11-12,14H2. The number of carbonyl (C=O) groups is 1. The summed E-state index contributed by atoms with van der Waals surface area (Å²) in [6.45, 7) is 1.93. The zero-order chi connectivity index (χ0) is 17.6. The number of piperidine rings is 1. The topological polar surface area (TPSA) is 75.5 Å². The van der Waals surface area contributed by atoms with E-state index >= 15 is 0 Å². The molecule has 0 bridgehead atoms. The third kappa shape index (κ3) is 4.15. The molecule has 6 nitrogen and oxygen atoms in total. The maximum atomic E-state index is 12.5. The van der Waals surface area contributed by atoms with Crippen LogP contribution in [0.2, 0.25) is 0 Å². The minimum atomic E-state index is -0.444. The molecule has 2 aromatic rings. The Balaban J connectivity index is 1.78. The second-order valence-corrected chi connectivity index (χ2v) is 6.18. The van der Waals surface area contributed by atoms with Gasteiger partial charge in [-0.1, -0.05) is 30.3 Å². The Bertz CT molecular complexity index is 756. The average molecular weight is 339 g/mol. The molecule has 1 N–H and O–H groups in total. The first-order valence-electron chi connectivity index (χ1n) is 8.50. The van der Waals surface area contributed by atoms with E-state index in [-0.39, 0.29) is 11.6 Å². The minimum Gasteiger partial charge on any atom is -0.375 e. The summed E-state index contributed by atoms with van der Waals surface area (Å²) in [7, 11) is 0. The van der Waals surface area contributed by atoms with Gasteiger partial charge in [0.05, 0.1) is 4.92 Å². The Labute approximate surface area is 146 Å². The zero-order valence-corrected chi connectivity index (χ0v) is 14.0. The Hall–Kier alpha value is -2.89. The molecule has 1 heterocycles. The molecule has 0 atom stereocenters. The highest BCUT2D eigenvalue weighted by Gasteiger charge is 2.22. The Morgan fingerprint density at radius 2 is 1.80 bits per heavy atom. The van der Waals surface area contributed by atoms with E-state index in [1.807, 2.05) is 30.3 Å². The molecule has 1 saturated heterocycles. The Kier molecular flexibility index (Phi) is 5.28. The number of nitro groups is 1. The highest BCUT2D eigenvalue weighted by molar-refractivity contribution is 5.95. The predicted molar refractivity (Wildman–Crippen MR) is 96.6 cm³/mol. The molecule has 6 heteroatoms. The van der Waals surface area contributed by atoms with E-state index in [4.69, 9.17) is 0 Å². The van der Waals surface area contributed by atoms with Crippen LogP contribution in [0.3, 0.4) is 0 Å². The van der Waals surface area contributed by atoms with E-state index < -0.39 is 4.92 Å². The van der Waals surface area contributed by atoms with Crippen molar-refractivity contribution in [2.75, 3.05) is 18.4 Å². The summed E-state index contributed by atoms with van der Waals surface area (Å²) in [4.78, 5) is 25.3. The zero-order valence-electron chi connectivity index (χ0n) is 14.0. The molecule has 25 heavy (non-hydrogen) atoms. The molecule has 1 fully saturated rings. The molecule has 1 aliphatic heterocycles. The molecular formula is C19H21N3O3. The van der Waals surface area contributed by atoms with E-state index in [0.29, 0.717) is 17.8 Å². The molecule has 3 rings (SSSR count). The van der Waals surface area contributed by atoms with Gasteiger partial charge in [0, 0.05) is 31.3 Å². The summed E-state index contributed by atoms with van der Waals surface area (Å²) in [6.07, 6.45) is 3.11. The van der Waals surface area contributed by atoms with Crippen molar-refractivity contribution in [3.05, 3.63) is 69.8 Å². The first-order valence-corrected chi connectivity index (χ1v) is 8.50. The van der Waals surface area contributed by atoms with Crippen molar-refractivity contribution < 1.29 is 9.72 Å². The number of hydrogen-bond acceptors (Lipinski definition) is 4. The maximum Gasteiger partial charge on any atom is 0.293 e. The third-order valence-electron chi connectivity index (χ3n) is 4.41. The summed E-state index contributed by atoms with van der Waals surface area (Å²) in [5, 5.41) is 14.5. The maximum absolute atomic E-state index is 12.5. The highest BCUT2D eigenvalue weighted by atomic mass is 16.6. The molecule has 0 radical (unpaired) electrons. The van der Waals surface area contributed by atoms with Gasteiger partial charge in [0.15, 0.2) is 0 Å². The van der Waals surface area contributed by atoms with Gasteiger partial charge in [0.1, 0.15) is 5.69 Å². The quantitative estimate of drug-likeness (QED) is 0.663. The summed E-state index contributed by atoms with van der Waals surface area (Å²) in [6, 6.07) is 14.3. The number of benzene rings is 2. The SMILES string of the molecule is O=C(c1ccc(NCc2ccccc2)c([N+](=O)[O-])c1)N1CCCCC1. The van der Waals surface area contributed by atoms with Gasteiger partial charge < -0.3 is 10.2 Å². The van der Waals surface area contributed by atoms with Gasteiger partial charge >= 0.3 is 0 Å². The molecule has 1 amide bonds. The molecule has 0 spiro atoms. The van der Waals surface area contributed by atoms with Gasteiger partial charge in [-0.15, -0.1) is 0 Å². The van der Waals surface area contributed by atoms with Crippen molar-refractivity contribution >= 4 is 17.3 Å². The lowest BCUT2D eigenvalue weighted by Gasteiger charge is -2.26. The lowest BCUT2D eigenvalue weighted by Crippen LogP contribution is -2.35. The fourth-order valence-corrected chi connectivity index (χ4v) is 3.04. The van der Waals surface area contributed by atoms with Crippen LogP contribution in [0.15, 0.2) is 48.5 Å². The molecule has 0 aromatic heterocycles. The third-order valence-corrected chi connectivity index (χ3v) is 4.41. The number of nitrogens with one attached hydrogen (secondary N) is 1. The first kappa shape index (κ1) is 17.0. The molecule has 2 aromatic carbocycles. The molecule has 0 aliphatic carbocycles. The second-order valence-electron chi connectivity index (χ2n) is 6.18. The first-order chi connectivity index (χ1) is 12.1. The van der Waals surface area contributed by atoms with E-state index in [2.05, 4.69) is 5.32 Å². The van der Waals surface area contributed by atoms with Gasteiger partial charge in [-0.25, -0.2) is 0 Å². The van der Waals surface area contributed by atoms with Gasteiger partial charge in [-0.05, 0) is 37.0 Å². The van der Waals surface area contributed by atoms with E-state index in [1.165, 1.54) is 6.07 Å². The predicted octanol–water partition coefficient (Wildman–Crippen LogP) is 3.83. The van der Waals surface area contributed by atoms with Crippen molar-refractivity contribution in [1.82, 2.24) is 4.90 Å². The van der Waals surface area contributed by atoms with E-state index in [1.54, 1.807) is 17.0 Å². The normalized spacial score (nSPS) is 14.2. The van der Waals surface area contributed by atoms with Crippen molar-refractivity contribution in [3.8, 4) is 0 Å². The summed E-state index contributed by atoms with van der Waals surface area (Å²) in [5.41, 5.74) is 1.76. The molecular weight excluding hydrogens is 318 g/mol. The largest absolute Gasteiger partial charge is 0.375 e. The monoisotopic (exact) mass is 339 g/mol. The van der Waals surface area contributed by atoms with Gasteiger partial charge in [-0.3, -0.25) is 14.9 Å². The van der Waals surface area contributed by atoms with Crippen molar-refractivity contribution in [2.45, 2.75) is 25.8 Å². The van der Waals surface area contributed by atoms with Crippen LogP contribution in [0.1, 0.15) is 35.2 Å². The van der Waals surface area contributed by atoms with Crippen molar-refractivity contribution in [3.63, 3.8) is 0 Å². The number of rotatable bonds is 5. The van der Waals surface area contributed by atoms with E-state index in [9.17, 15) is 14.9 Å². The molecule has 0 unspecified atom stereocenters. The van der Waals surface area contributed by atoms with Crippen LogP contribution in [-0.4, -0.2) is 28.8 Å². The summed E-state index contributed by atoms with van der Waals surface area (Å²) in [5.74, 6) is -0.127. The number of likely N-dealkylation sites (tertiary alicyclic amines) is 1. The highest BCUT2D eigenvalue weighted by Crippen LogP contribution is 2.27. The lowest BCUT2D eigenvalue weighted by atomic mass is 10.1. The number of nitro benzene ring substituents is 1. The van der Waals surface area contributed by atoms with Crippen LogP contribution >= 0.6 is 0 Å². The van der Waals surface area contributed by atoms with Crippen molar-refractivity contribution in [2.24, 2.45) is 0 Å². The van der Waals surface area contributed by atoms with Crippen LogP contribution in [0, 0.1) is 10.1 Å². The minimum absolute atomic E-state index is 0.0706. The Morgan fingerprint density at radius 1 is 1.08 bits per heavy atom. The van der Waals surface area contributed by atoms with Gasteiger partial charge in [0.2, 0.25) is 0 Å². The number of nitrogens with zero attached hydrogens (tertiary/aromatic N) is 2. The fourth-order valence-electron chi connectivity index (χ4n) is 3.04. The van der Waals surface area contributed by atoms with Crippen LogP contribution in [0.4, 0.5) is 11.4 Å². The van der Waals surface area contributed by atoms with Crippen molar-refractivity contribution in [1.29, 1.82) is 0 Å². The lowest BCUT2D eigenvalue weighted by molar-refractivity contribution is -0.384. The van der Waals surface area contributed by atoms with Gasteiger partial charge in [-0.2, -0.15) is 0 Å². The van der Waals surface area contributed by atoms with Crippen LogP contribution in [-0.2, 0) is 6.54 Å². The van der Waals surface area contributed by atoms with Gasteiger partial charge in [0.25, 0.3) is 11.6 Å². The second kappa shape index (κ2) is 7.79. The molecule has 130 valence electrons. The Morgan fingerprint density at radius 3 is 2.48 bits per heavy atom. The van der Waals surface area contributed by atoms with E-state index in [0.717, 1.165) is 37.9 Å². The smallest absolute Gasteiger partial charge is 0.293 e. The number of hydrogen-bond donors (Lipinski definition) is 1. The number of carbonyl (C=O) groups excluding carboxylic acids is 1. The number of amides is 1. The van der Waals surface area contributed by atoms with Crippen LogP contribution < -0.4 is 5.32 Å².